The number of nitrogens with one attached hydrogen (secondary N) is 1. The van der Waals surface area contributed by atoms with E-state index in [1.54, 1.807) is 0 Å². The van der Waals surface area contributed by atoms with Gasteiger partial charge >= 0.3 is 0 Å². The van der Waals surface area contributed by atoms with Crippen LogP contribution in [0.5, 0.6) is 0 Å². The summed E-state index contributed by atoms with van der Waals surface area (Å²) in [4.78, 5) is 0. The summed E-state index contributed by atoms with van der Waals surface area (Å²) in [5.41, 5.74) is 2.89. The molecule has 0 bridgehead atoms. The first kappa shape index (κ1) is 15.2. The zero-order valence-corrected chi connectivity index (χ0v) is 12.5. The predicted octanol–water partition coefficient (Wildman–Crippen LogP) is 4.21. The maximum absolute atomic E-state index is 3.68. The molecule has 1 heteroatoms. The van der Waals surface area contributed by atoms with Crippen molar-refractivity contribution in [3.63, 3.8) is 0 Å². The largest absolute Gasteiger partial charge is 0.314 e. The van der Waals surface area contributed by atoms with Crippen LogP contribution in [0.2, 0.25) is 0 Å². The van der Waals surface area contributed by atoms with E-state index in [-0.39, 0.29) is 0 Å². The molecule has 0 spiro atoms. The monoisotopic (exact) mass is 247 g/mol. The Morgan fingerprint density at radius 1 is 1.00 bits per heavy atom. The average molecular weight is 247 g/mol. The molecular weight excluding hydrogens is 218 g/mol. The lowest BCUT2D eigenvalue weighted by Crippen LogP contribution is -2.33. The van der Waals surface area contributed by atoms with Crippen molar-refractivity contribution in [2.45, 2.75) is 59.4 Å². The van der Waals surface area contributed by atoms with Crippen LogP contribution in [-0.2, 0) is 12.8 Å². The third-order valence-electron chi connectivity index (χ3n) is 3.35. The Kier molecular flexibility index (Phi) is 7.04. The van der Waals surface area contributed by atoms with Crippen LogP contribution in [0.25, 0.3) is 0 Å². The van der Waals surface area contributed by atoms with Gasteiger partial charge in [0.2, 0.25) is 0 Å². The van der Waals surface area contributed by atoms with Gasteiger partial charge in [0, 0.05) is 6.04 Å². The first-order valence-corrected chi connectivity index (χ1v) is 7.46. The maximum atomic E-state index is 3.68. The van der Waals surface area contributed by atoms with Crippen LogP contribution in [0.3, 0.4) is 0 Å². The van der Waals surface area contributed by atoms with E-state index in [1.807, 2.05) is 0 Å². The van der Waals surface area contributed by atoms with Gasteiger partial charge in [0.25, 0.3) is 0 Å². The lowest BCUT2D eigenvalue weighted by Gasteiger charge is -2.20. The zero-order chi connectivity index (χ0) is 13.4. The SMILES string of the molecule is CCCNC(Cc1ccc(CC)cc1)CC(C)C. The fraction of sp³-hybridized carbons (Fsp3) is 0.647. The van der Waals surface area contributed by atoms with Crippen molar-refractivity contribution in [2.75, 3.05) is 6.54 Å². The van der Waals surface area contributed by atoms with Crippen molar-refractivity contribution < 1.29 is 0 Å². The van der Waals surface area contributed by atoms with E-state index in [1.165, 1.54) is 24.0 Å². The molecule has 1 aromatic rings. The number of rotatable bonds is 8. The number of aryl methyl sites for hydroxylation is 1. The van der Waals surface area contributed by atoms with Gasteiger partial charge in [-0.3, -0.25) is 0 Å². The predicted molar refractivity (Wildman–Crippen MR) is 81.1 cm³/mol. The molecule has 102 valence electrons. The zero-order valence-electron chi connectivity index (χ0n) is 12.5. The van der Waals surface area contributed by atoms with Crippen LogP contribution in [0.15, 0.2) is 24.3 Å². The van der Waals surface area contributed by atoms with Crippen molar-refractivity contribution in [2.24, 2.45) is 5.92 Å². The summed E-state index contributed by atoms with van der Waals surface area (Å²) in [5, 5.41) is 3.68. The molecule has 0 aromatic heterocycles. The highest BCUT2D eigenvalue weighted by atomic mass is 14.9. The van der Waals surface area contributed by atoms with Gasteiger partial charge in [-0.2, -0.15) is 0 Å². The van der Waals surface area contributed by atoms with E-state index in [2.05, 4.69) is 57.3 Å². The van der Waals surface area contributed by atoms with Crippen LogP contribution in [0.1, 0.15) is 51.7 Å². The Morgan fingerprint density at radius 3 is 2.11 bits per heavy atom. The third-order valence-corrected chi connectivity index (χ3v) is 3.35. The highest BCUT2D eigenvalue weighted by Gasteiger charge is 2.10. The van der Waals surface area contributed by atoms with Crippen LogP contribution in [0, 0.1) is 5.92 Å². The second kappa shape index (κ2) is 8.31. The molecule has 0 aliphatic carbocycles. The molecule has 1 rings (SSSR count). The number of hydrogen-bond acceptors (Lipinski definition) is 1. The summed E-state index contributed by atoms with van der Waals surface area (Å²) >= 11 is 0. The fourth-order valence-electron chi connectivity index (χ4n) is 2.35. The lowest BCUT2D eigenvalue weighted by atomic mass is 9.96. The van der Waals surface area contributed by atoms with Gasteiger partial charge in [0.15, 0.2) is 0 Å². The van der Waals surface area contributed by atoms with Gasteiger partial charge in [-0.25, -0.2) is 0 Å². The van der Waals surface area contributed by atoms with Crippen LogP contribution in [0.4, 0.5) is 0 Å². The minimum atomic E-state index is 0.623. The van der Waals surface area contributed by atoms with E-state index in [0.717, 1.165) is 25.3 Å². The van der Waals surface area contributed by atoms with Crippen LogP contribution >= 0.6 is 0 Å². The van der Waals surface area contributed by atoms with Crippen molar-refractivity contribution in [3.05, 3.63) is 35.4 Å². The van der Waals surface area contributed by atoms with Crippen molar-refractivity contribution in [3.8, 4) is 0 Å². The normalized spacial score (nSPS) is 12.9. The summed E-state index contributed by atoms with van der Waals surface area (Å²) in [6, 6.07) is 9.74. The Hall–Kier alpha value is -0.820. The maximum Gasteiger partial charge on any atom is 0.0110 e. The Morgan fingerprint density at radius 2 is 1.61 bits per heavy atom. The minimum absolute atomic E-state index is 0.623. The van der Waals surface area contributed by atoms with Crippen molar-refractivity contribution in [1.82, 2.24) is 5.32 Å². The molecule has 0 saturated heterocycles. The third kappa shape index (κ3) is 5.68. The van der Waals surface area contributed by atoms with Gasteiger partial charge in [-0.1, -0.05) is 52.0 Å². The average Bonchev–Trinajstić information content (AvgIpc) is 2.36. The molecule has 1 nitrogen and oxygen atoms in total. The van der Waals surface area contributed by atoms with E-state index in [0.29, 0.717) is 6.04 Å². The number of benzene rings is 1. The standard InChI is InChI=1S/C17H29N/c1-5-11-18-17(12-14(3)4)13-16-9-7-15(6-2)8-10-16/h7-10,14,17-18H,5-6,11-13H2,1-4H3. The van der Waals surface area contributed by atoms with Gasteiger partial charge in [0.05, 0.1) is 0 Å². The second-order valence-corrected chi connectivity index (χ2v) is 5.65. The van der Waals surface area contributed by atoms with E-state index >= 15 is 0 Å². The van der Waals surface area contributed by atoms with Gasteiger partial charge in [0.1, 0.15) is 0 Å². The van der Waals surface area contributed by atoms with Gasteiger partial charge < -0.3 is 5.32 Å². The molecule has 0 aliphatic heterocycles. The molecule has 0 saturated carbocycles. The molecule has 1 N–H and O–H groups in total. The van der Waals surface area contributed by atoms with Gasteiger partial charge in [-0.05, 0) is 49.3 Å². The summed E-state index contributed by atoms with van der Waals surface area (Å²) in [6.07, 6.45) is 4.75. The van der Waals surface area contributed by atoms with E-state index in [9.17, 15) is 0 Å². The topological polar surface area (TPSA) is 12.0 Å². The summed E-state index contributed by atoms with van der Waals surface area (Å²) in [5.74, 6) is 0.759. The van der Waals surface area contributed by atoms with Crippen molar-refractivity contribution in [1.29, 1.82) is 0 Å². The molecule has 0 radical (unpaired) electrons. The van der Waals surface area contributed by atoms with Crippen LogP contribution in [-0.4, -0.2) is 12.6 Å². The quantitative estimate of drug-likeness (QED) is 0.726. The molecule has 0 heterocycles. The van der Waals surface area contributed by atoms with Crippen LogP contribution < -0.4 is 5.32 Å². The molecular formula is C17H29N. The van der Waals surface area contributed by atoms with Crippen molar-refractivity contribution >= 4 is 0 Å². The Balaban J connectivity index is 2.56. The Bertz CT molecular complexity index is 313. The molecule has 0 amide bonds. The molecule has 1 unspecified atom stereocenters. The highest BCUT2D eigenvalue weighted by molar-refractivity contribution is 5.23. The highest BCUT2D eigenvalue weighted by Crippen LogP contribution is 2.12. The summed E-state index contributed by atoms with van der Waals surface area (Å²) in [7, 11) is 0. The minimum Gasteiger partial charge on any atom is -0.314 e. The first-order chi connectivity index (χ1) is 8.65. The first-order valence-electron chi connectivity index (χ1n) is 7.46. The molecule has 1 atom stereocenters. The smallest absolute Gasteiger partial charge is 0.0110 e. The lowest BCUT2D eigenvalue weighted by molar-refractivity contribution is 0.416. The molecule has 0 fully saturated rings. The second-order valence-electron chi connectivity index (χ2n) is 5.65. The van der Waals surface area contributed by atoms with E-state index in [4.69, 9.17) is 0 Å². The molecule has 0 aliphatic rings. The molecule has 18 heavy (non-hydrogen) atoms. The fourth-order valence-corrected chi connectivity index (χ4v) is 2.35. The van der Waals surface area contributed by atoms with E-state index < -0.39 is 0 Å². The van der Waals surface area contributed by atoms with Gasteiger partial charge in [-0.15, -0.1) is 0 Å². The number of hydrogen-bond donors (Lipinski definition) is 1. The molecule has 1 aromatic carbocycles. The summed E-state index contributed by atoms with van der Waals surface area (Å²) in [6.45, 7) is 10.2. The Labute approximate surface area is 113 Å². The summed E-state index contributed by atoms with van der Waals surface area (Å²) < 4.78 is 0.